The van der Waals surface area contributed by atoms with Crippen molar-refractivity contribution >= 4 is 0 Å². The molecule has 0 spiro atoms. The Morgan fingerprint density at radius 2 is 1.10 bits per heavy atom. The zero-order valence-electron chi connectivity index (χ0n) is 16.3. The van der Waals surface area contributed by atoms with E-state index in [1.807, 2.05) is 0 Å². The average molecular weight is 449 g/mol. The molecule has 4 aromatic carbocycles. The summed E-state index contributed by atoms with van der Waals surface area (Å²) in [5, 5.41) is 0. The van der Waals surface area contributed by atoms with Gasteiger partial charge in [-0.25, -0.2) is 0 Å². The fourth-order valence-electron chi connectivity index (χ4n) is 5.01. The maximum atomic E-state index is 2.43. The standard InChI is InChI=1S/C28H21.Zr/c1-3-11-23-21(7-1)17-27-19(9-5-13-25(23)27)15-16-20-10-6-14-26-24-12-4-2-8-22(24)18-28(20)26;/h1-15H,16-18H2;/q-1;. The molecular weight excluding hydrogens is 428 g/mol. The molecule has 138 valence electrons. The Kier molecular flexibility index (Phi) is 4.80. The molecule has 0 saturated carbocycles. The van der Waals surface area contributed by atoms with Gasteiger partial charge in [-0.1, -0.05) is 90.3 Å². The molecule has 0 heterocycles. The molecule has 1 heteroatoms. The Morgan fingerprint density at radius 3 is 1.83 bits per heavy atom. The smallest absolute Gasteiger partial charge is 0 e. The zero-order valence-corrected chi connectivity index (χ0v) is 18.7. The number of hydrogen-bond donors (Lipinski definition) is 0. The first-order valence-electron chi connectivity index (χ1n) is 10.1. The number of fused-ring (bicyclic) bond motifs is 6. The summed E-state index contributed by atoms with van der Waals surface area (Å²) in [4.78, 5) is 0. The van der Waals surface area contributed by atoms with Gasteiger partial charge in [0.2, 0.25) is 0 Å². The third kappa shape index (κ3) is 3.04. The molecule has 6 rings (SSSR count). The minimum absolute atomic E-state index is 0. The largest absolute Gasteiger partial charge is 0.188 e. The predicted molar refractivity (Wildman–Crippen MR) is 116 cm³/mol. The Morgan fingerprint density at radius 1 is 0.552 bits per heavy atom. The average Bonchev–Trinajstić information content (AvgIpc) is 3.31. The Bertz CT molecular complexity index is 1120. The van der Waals surface area contributed by atoms with Crippen LogP contribution in [-0.4, -0.2) is 0 Å². The van der Waals surface area contributed by atoms with Gasteiger partial charge in [0.05, 0.1) is 0 Å². The van der Waals surface area contributed by atoms with Crippen molar-refractivity contribution in [1.82, 2.24) is 0 Å². The van der Waals surface area contributed by atoms with E-state index in [9.17, 15) is 0 Å². The Hall–Kier alpha value is -2.37. The summed E-state index contributed by atoms with van der Waals surface area (Å²) < 4.78 is 0. The molecule has 0 unspecified atom stereocenters. The third-order valence-corrected chi connectivity index (χ3v) is 6.38. The molecule has 2 aliphatic carbocycles. The number of benzene rings is 4. The Labute approximate surface area is 191 Å². The van der Waals surface area contributed by atoms with Crippen LogP contribution >= 0.6 is 0 Å². The molecule has 0 saturated heterocycles. The first-order chi connectivity index (χ1) is 13.9. The van der Waals surface area contributed by atoms with E-state index in [-0.39, 0.29) is 26.2 Å². The second-order valence-electron chi connectivity index (χ2n) is 7.89. The van der Waals surface area contributed by atoms with E-state index in [4.69, 9.17) is 0 Å². The van der Waals surface area contributed by atoms with Crippen molar-refractivity contribution in [3.63, 3.8) is 0 Å². The van der Waals surface area contributed by atoms with Gasteiger partial charge in [-0.2, -0.15) is 18.1 Å². The molecular formula is C28H21Zr-. The van der Waals surface area contributed by atoms with Gasteiger partial charge in [-0.05, 0) is 46.2 Å². The van der Waals surface area contributed by atoms with Crippen molar-refractivity contribution < 1.29 is 26.2 Å². The summed E-state index contributed by atoms with van der Waals surface area (Å²) in [6.45, 7) is 0. The summed E-state index contributed by atoms with van der Waals surface area (Å²) in [5.41, 5.74) is 14.4. The van der Waals surface area contributed by atoms with Crippen molar-refractivity contribution in [2.24, 2.45) is 0 Å². The van der Waals surface area contributed by atoms with Crippen LogP contribution in [0.1, 0.15) is 33.4 Å². The van der Waals surface area contributed by atoms with Crippen LogP contribution in [0.25, 0.3) is 22.3 Å². The predicted octanol–water partition coefficient (Wildman–Crippen LogP) is 6.62. The van der Waals surface area contributed by atoms with Gasteiger partial charge in [0.25, 0.3) is 0 Å². The van der Waals surface area contributed by atoms with E-state index in [1.54, 1.807) is 0 Å². The fourth-order valence-corrected chi connectivity index (χ4v) is 5.01. The topological polar surface area (TPSA) is 0 Å². The van der Waals surface area contributed by atoms with Crippen LogP contribution in [0.2, 0.25) is 0 Å². The third-order valence-electron chi connectivity index (χ3n) is 6.38. The maximum Gasteiger partial charge on any atom is 0 e. The Balaban J connectivity index is 0.00000181. The van der Waals surface area contributed by atoms with E-state index < -0.39 is 0 Å². The van der Waals surface area contributed by atoms with Gasteiger partial charge in [0, 0.05) is 26.2 Å². The molecule has 0 fully saturated rings. The molecule has 0 aliphatic heterocycles. The molecule has 2 aliphatic rings. The molecule has 0 radical (unpaired) electrons. The number of hydrogen-bond acceptors (Lipinski definition) is 0. The van der Waals surface area contributed by atoms with E-state index in [1.165, 1.54) is 55.6 Å². The second-order valence-corrected chi connectivity index (χ2v) is 7.89. The van der Waals surface area contributed by atoms with Crippen LogP contribution in [0.15, 0.2) is 84.9 Å². The first-order valence-corrected chi connectivity index (χ1v) is 10.1. The molecule has 0 bridgehead atoms. The molecule has 0 nitrogen and oxygen atoms in total. The summed E-state index contributed by atoms with van der Waals surface area (Å²) >= 11 is 0. The molecule has 0 amide bonds. The van der Waals surface area contributed by atoms with Crippen molar-refractivity contribution in [1.29, 1.82) is 0 Å². The maximum absolute atomic E-state index is 2.43. The van der Waals surface area contributed by atoms with Gasteiger partial charge < -0.3 is 0 Å². The zero-order chi connectivity index (χ0) is 18.5. The van der Waals surface area contributed by atoms with E-state index in [0.29, 0.717) is 0 Å². The van der Waals surface area contributed by atoms with Gasteiger partial charge in [0.15, 0.2) is 0 Å². The summed E-state index contributed by atoms with van der Waals surface area (Å²) in [7, 11) is 0. The van der Waals surface area contributed by atoms with Gasteiger partial charge >= 0.3 is 0 Å². The van der Waals surface area contributed by atoms with Crippen LogP contribution in [0.4, 0.5) is 0 Å². The molecule has 0 aromatic heterocycles. The molecule has 0 atom stereocenters. The van der Waals surface area contributed by atoms with Gasteiger partial charge in [0.1, 0.15) is 0 Å². The number of rotatable bonds is 3. The summed E-state index contributed by atoms with van der Waals surface area (Å²) in [6, 6.07) is 31.2. The van der Waals surface area contributed by atoms with Crippen molar-refractivity contribution in [2.45, 2.75) is 19.3 Å². The first kappa shape index (κ1) is 18.6. The monoisotopic (exact) mass is 447 g/mol. The van der Waals surface area contributed by atoms with Crippen LogP contribution in [-0.2, 0) is 45.5 Å². The minimum atomic E-state index is 0. The quantitative estimate of drug-likeness (QED) is 0.267. The van der Waals surface area contributed by atoms with Crippen molar-refractivity contribution in [3.05, 3.63) is 125 Å². The second kappa shape index (κ2) is 7.47. The SMILES string of the molecule is [Zr].c1ccc2c(c1)Cc1c([CH-]Cc3cccc4c3Cc3ccccc3-4)cccc1-2. The van der Waals surface area contributed by atoms with Crippen molar-refractivity contribution in [3.8, 4) is 22.3 Å². The minimum Gasteiger partial charge on any atom is -0.188 e. The van der Waals surface area contributed by atoms with Gasteiger partial charge in [-0.15, -0.1) is 11.6 Å². The molecule has 0 N–H and O–H groups in total. The van der Waals surface area contributed by atoms with Crippen LogP contribution < -0.4 is 0 Å². The fraction of sp³-hybridized carbons (Fsp3) is 0.107. The van der Waals surface area contributed by atoms with Crippen LogP contribution in [0, 0.1) is 6.42 Å². The van der Waals surface area contributed by atoms with Gasteiger partial charge in [-0.3, -0.25) is 0 Å². The summed E-state index contributed by atoms with van der Waals surface area (Å²) in [5.74, 6) is 0. The van der Waals surface area contributed by atoms with Crippen LogP contribution in [0.5, 0.6) is 0 Å². The summed E-state index contributed by atoms with van der Waals surface area (Å²) in [6.07, 6.45) is 5.54. The molecule has 4 aromatic rings. The van der Waals surface area contributed by atoms with E-state index in [0.717, 1.165) is 19.3 Å². The van der Waals surface area contributed by atoms with Crippen LogP contribution in [0.3, 0.4) is 0 Å². The van der Waals surface area contributed by atoms with E-state index in [2.05, 4.69) is 91.3 Å². The molecule has 29 heavy (non-hydrogen) atoms. The normalized spacial score (nSPS) is 12.4. The van der Waals surface area contributed by atoms with Crippen molar-refractivity contribution in [2.75, 3.05) is 0 Å². The van der Waals surface area contributed by atoms with E-state index >= 15 is 0 Å².